The summed E-state index contributed by atoms with van der Waals surface area (Å²) in [7, 11) is 0. The molecular formula is C26H25N5O4. The fourth-order valence-electron chi connectivity index (χ4n) is 3.91. The van der Waals surface area contributed by atoms with Gasteiger partial charge in [-0.3, -0.25) is 0 Å². The molecule has 5 aromatic rings. The van der Waals surface area contributed by atoms with E-state index in [4.69, 9.17) is 13.9 Å². The standard InChI is InChI=1S/C26H25N5O4/c1-5-33-25(32)21-17(4)35-24-22(21)23-30-29-20(14-34-19-8-6-7-16(3)13-19)31(23)26(28-24)27-18-11-9-15(2)10-12-18/h6-13H,5,14H2,1-4H3,(H,27,28). The maximum atomic E-state index is 12.7. The molecule has 0 radical (unpaired) electrons. The van der Waals surface area contributed by atoms with E-state index in [0.717, 1.165) is 22.6 Å². The first-order chi connectivity index (χ1) is 16.9. The number of aryl methyl sites for hydroxylation is 3. The molecule has 3 aromatic heterocycles. The molecule has 0 aliphatic carbocycles. The van der Waals surface area contributed by atoms with Crippen molar-refractivity contribution >= 4 is 34.4 Å². The van der Waals surface area contributed by atoms with E-state index in [1.165, 1.54) is 0 Å². The van der Waals surface area contributed by atoms with Gasteiger partial charge in [0.1, 0.15) is 29.1 Å². The maximum Gasteiger partial charge on any atom is 0.342 e. The summed E-state index contributed by atoms with van der Waals surface area (Å²) < 4.78 is 18.9. The third-order valence-corrected chi connectivity index (χ3v) is 5.58. The molecule has 0 unspecified atom stereocenters. The Morgan fingerprint density at radius 1 is 1.06 bits per heavy atom. The largest absolute Gasteiger partial charge is 0.486 e. The van der Waals surface area contributed by atoms with Crippen LogP contribution >= 0.6 is 0 Å². The molecule has 0 saturated carbocycles. The highest BCUT2D eigenvalue weighted by atomic mass is 16.5. The normalized spacial score (nSPS) is 11.2. The van der Waals surface area contributed by atoms with E-state index >= 15 is 0 Å². The molecule has 0 bridgehead atoms. The van der Waals surface area contributed by atoms with Crippen LogP contribution in [-0.2, 0) is 11.3 Å². The Balaban J connectivity index is 1.65. The van der Waals surface area contributed by atoms with E-state index in [9.17, 15) is 4.79 Å². The highest BCUT2D eigenvalue weighted by Gasteiger charge is 2.27. The second kappa shape index (κ2) is 9.09. The molecule has 9 heteroatoms. The Kier molecular flexibility index (Phi) is 5.82. The molecule has 2 aromatic carbocycles. The summed E-state index contributed by atoms with van der Waals surface area (Å²) in [6.07, 6.45) is 0. The Labute approximate surface area is 201 Å². The van der Waals surface area contributed by atoms with Gasteiger partial charge in [0, 0.05) is 5.69 Å². The third-order valence-electron chi connectivity index (χ3n) is 5.58. The summed E-state index contributed by atoms with van der Waals surface area (Å²) in [6, 6.07) is 15.7. The van der Waals surface area contributed by atoms with Crippen LogP contribution < -0.4 is 10.1 Å². The van der Waals surface area contributed by atoms with Gasteiger partial charge in [-0.1, -0.05) is 29.8 Å². The fraction of sp³-hybridized carbons (Fsp3) is 0.231. The zero-order chi connectivity index (χ0) is 24.5. The van der Waals surface area contributed by atoms with Crippen LogP contribution in [0.2, 0.25) is 0 Å². The molecule has 5 rings (SSSR count). The van der Waals surface area contributed by atoms with E-state index in [1.54, 1.807) is 18.2 Å². The van der Waals surface area contributed by atoms with Gasteiger partial charge in [0.15, 0.2) is 11.5 Å². The van der Waals surface area contributed by atoms with Gasteiger partial charge < -0.3 is 19.2 Å². The van der Waals surface area contributed by atoms with E-state index in [-0.39, 0.29) is 18.9 Å². The molecule has 0 aliphatic rings. The molecule has 0 spiro atoms. The third kappa shape index (κ3) is 4.28. The van der Waals surface area contributed by atoms with Gasteiger partial charge in [-0.2, -0.15) is 4.98 Å². The number of ether oxygens (including phenoxy) is 2. The first kappa shape index (κ1) is 22.4. The lowest BCUT2D eigenvalue weighted by atomic mass is 10.2. The van der Waals surface area contributed by atoms with Crippen molar-refractivity contribution in [3.63, 3.8) is 0 Å². The van der Waals surface area contributed by atoms with Gasteiger partial charge >= 0.3 is 5.97 Å². The van der Waals surface area contributed by atoms with E-state index in [2.05, 4.69) is 20.5 Å². The monoisotopic (exact) mass is 471 g/mol. The highest BCUT2D eigenvalue weighted by Crippen LogP contribution is 2.31. The summed E-state index contributed by atoms with van der Waals surface area (Å²) in [4.78, 5) is 17.4. The van der Waals surface area contributed by atoms with Crippen LogP contribution in [0.1, 0.15) is 40.0 Å². The van der Waals surface area contributed by atoms with Crippen LogP contribution in [0.5, 0.6) is 5.75 Å². The number of aromatic nitrogens is 4. The van der Waals surface area contributed by atoms with Crippen molar-refractivity contribution in [3.05, 3.63) is 76.8 Å². The Bertz CT molecular complexity index is 1540. The van der Waals surface area contributed by atoms with Crippen molar-refractivity contribution in [3.8, 4) is 5.75 Å². The summed E-state index contributed by atoms with van der Waals surface area (Å²) in [5, 5.41) is 12.5. The molecule has 35 heavy (non-hydrogen) atoms. The van der Waals surface area contributed by atoms with E-state index in [1.807, 2.05) is 62.4 Å². The highest BCUT2D eigenvalue weighted by molar-refractivity contribution is 6.09. The van der Waals surface area contributed by atoms with Crippen molar-refractivity contribution in [1.82, 2.24) is 19.6 Å². The molecule has 0 saturated heterocycles. The predicted octanol–water partition coefficient (Wildman–Crippen LogP) is 5.30. The minimum Gasteiger partial charge on any atom is -0.486 e. The second-order valence-electron chi connectivity index (χ2n) is 8.24. The zero-order valence-electron chi connectivity index (χ0n) is 20.0. The number of hydrogen-bond acceptors (Lipinski definition) is 8. The van der Waals surface area contributed by atoms with Gasteiger partial charge in [-0.25, -0.2) is 9.20 Å². The molecule has 1 N–H and O–H groups in total. The predicted molar refractivity (Wildman–Crippen MR) is 131 cm³/mol. The van der Waals surface area contributed by atoms with Crippen LogP contribution in [0.25, 0.3) is 16.7 Å². The van der Waals surface area contributed by atoms with E-state index in [0.29, 0.717) is 34.1 Å². The van der Waals surface area contributed by atoms with Crippen LogP contribution in [-0.4, -0.2) is 32.2 Å². The topological polar surface area (TPSA) is 104 Å². The molecule has 0 aliphatic heterocycles. The number of carbonyl (C=O) groups is 1. The zero-order valence-corrected chi connectivity index (χ0v) is 20.0. The lowest BCUT2D eigenvalue weighted by Gasteiger charge is -2.11. The summed E-state index contributed by atoms with van der Waals surface area (Å²) in [5.74, 6) is 1.58. The van der Waals surface area contributed by atoms with Crippen molar-refractivity contribution in [2.75, 3.05) is 11.9 Å². The van der Waals surface area contributed by atoms with Crippen LogP contribution in [0.3, 0.4) is 0 Å². The summed E-state index contributed by atoms with van der Waals surface area (Å²) >= 11 is 0. The number of hydrogen-bond donors (Lipinski definition) is 1. The average Bonchev–Trinajstić information content (AvgIpc) is 3.40. The number of anilines is 2. The molecule has 9 nitrogen and oxygen atoms in total. The lowest BCUT2D eigenvalue weighted by Crippen LogP contribution is -2.09. The van der Waals surface area contributed by atoms with Gasteiger partial charge in [0.25, 0.3) is 0 Å². The molecule has 178 valence electrons. The smallest absolute Gasteiger partial charge is 0.342 e. The molecular weight excluding hydrogens is 446 g/mol. The Morgan fingerprint density at radius 2 is 1.86 bits per heavy atom. The average molecular weight is 472 g/mol. The summed E-state index contributed by atoms with van der Waals surface area (Å²) in [5.41, 5.74) is 4.04. The fourth-order valence-corrected chi connectivity index (χ4v) is 3.91. The van der Waals surface area contributed by atoms with Crippen LogP contribution in [0, 0.1) is 20.8 Å². The number of benzene rings is 2. The molecule has 0 fully saturated rings. The molecule has 0 atom stereocenters. The minimum absolute atomic E-state index is 0.145. The Morgan fingerprint density at radius 3 is 2.60 bits per heavy atom. The maximum absolute atomic E-state index is 12.7. The number of rotatable bonds is 7. The van der Waals surface area contributed by atoms with Crippen LogP contribution in [0.4, 0.5) is 11.6 Å². The SMILES string of the molecule is CCOC(=O)c1c(C)oc2nc(Nc3ccc(C)cc3)n3c(COc4cccc(C)c4)nnc3c12. The summed E-state index contributed by atoms with van der Waals surface area (Å²) in [6.45, 7) is 7.87. The first-order valence-electron chi connectivity index (χ1n) is 11.3. The minimum atomic E-state index is -0.493. The van der Waals surface area contributed by atoms with Crippen molar-refractivity contribution < 1.29 is 18.7 Å². The number of esters is 1. The van der Waals surface area contributed by atoms with Crippen molar-refractivity contribution in [2.24, 2.45) is 0 Å². The molecule has 3 heterocycles. The first-order valence-corrected chi connectivity index (χ1v) is 11.3. The number of furan rings is 1. The number of nitrogens with one attached hydrogen (secondary N) is 1. The number of fused-ring (bicyclic) bond motifs is 3. The second-order valence-corrected chi connectivity index (χ2v) is 8.24. The van der Waals surface area contributed by atoms with Crippen LogP contribution in [0.15, 0.2) is 52.9 Å². The van der Waals surface area contributed by atoms with Gasteiger partial charge in [-0.05, 0) is 57.5 Å². The number of carbonyl (C=O) groups excluding carboxylic acids is 1. The lowest BCUT2D eigenvalue weighted by molar-refractivity contribution is 0.0526. The quantitative estimate of drug-likeness (QED) is 0.319. The van der Waals surface area contributed by atoms with Gasteiger partial charge in [0.2, 0.25) is 11.7 Å². The van der Waals surface area contributed by atoms with Crippen molar-refractivity contribution in [1.29, 1.82) is 0 Å². The van der Waals surface area contributed by atoms with Gasteiger partial charge in [-0.15, -0.1) is 10.2 Å². The van der Waals surface area contributed by atoms with E-state index < -0.39 is 5.97 Å². The molecule has 0 amide bonds. The van der Waals surface area contributed by atoms with Crippen molar-refractivity contribution in [2.45, 2.75) is 34.3 Å². The number of nitrogens with zero attached hydrogens (tertiary/aromatic N) is 4. The Hall–Kier alpha value is -4.40. The van der Waals surface area contributed by atoms with Gasteiger partial charge in [0.05, 0.1) is 6.61 Å².